The summed E-state index contributed by atoms with van der Waals surface area (Å²) < 4.78 is 38.4. The number of aromatic nitrogens is 1. The maximum atomic E-state index is 13.0. The second-order valence-corrected chi connectivity index (χ2v) is 8.72. The van der Waals surface area contributed by atoms with E-state index in [-0.39, 0.29) is 0 Å². The topological polar surface area (TPSA) is 75.9 Å². The molecule has 2 heterocycles. The number of fused-ring (bicyclic) bond motifs is 1. The van der Waals surface area contributed by atoms with Crippen molar-refractivity contribution in [2.75, 3.05) is 33.3 Å². The minimum atomic E-state index is -3.52. The predicted octanol–water partition coefficient (Wildman–Crippen LogP) is 2.73. The molecule has 28 heavy (non-hydrogen) atoms. The van der Waals surface area contributed by atoms with Crippen LogP contribution in [0.25, 0.3) is 11.1 Å². The third kappa shape index (κ3) is 3.89. The van der Waals surface area contributed by atoms with Crippen LogP contribution >= 0.6 is 0 Å². The summed E-state index contributed by atoms with van der Waals surface area (Å²) in [5, 5.41) is 0. The van der Waals surface area contributed by atoms with Gasteiger partial charge in [0.05, 0.1) is 18.6 Å². The average molecular weight is 401 g/mol. The van der Waals surface area contributed by atoms with Gasteiger partial charge in [0.1, 0.15) is 11.3 Å². The van der Waals surface area contributed by atoms with Crippen molar-refractivity contribution in [3.8, 4) is 5.75 Å². The fourth-order valence-electron chi connectivity index (χ4n) is 3.42. The van der Waals surface area contributed by atoms with Crippen molar-refractivity contribution in [1.29, 1.82) is 0 Å². The zero-order valence-corrected chi connectivity index (χ0v) is 16.6. The van der Waals surface area contributed by atoms with Gasteiger partial charge < -0.3 is 9.15 Å². The Kier molecular flexibility index (Phi) is 5.34. The fourth-order valence-corrected chi connectivity index (χ4v) is 4.89. The highest BCUT2D eigenvalue weighted by Gasteiger charge is 2.27. The number of hydrogen-bond acceptors (Lipinski definition) is 6. The number of methoxy groups -OCH3 is 1. The van der Waals surface area contributed by atoms with Crippen molar-refractivity contribution in [1.82, 2.24) is 14.2 Å². The van der Waals surface area contributed by atoms with E-state index in [1.165, 1.54) is 0 Å². The number of ether oxygens (including phenoxy) is 1. The highest BCUT2D eigenvalue weighted by molar-refractivity contribution is 7.89. The standard InChI is InChI=1S/C20H23N3O4S/c1-26-16-7-9-17(10-8-16)28(24,25)23-12-4-11-22(13-14-23)15-20-21-18-5-2-3-6-19(18)27-20/h2-3,5-10H,4,11-15H2,1H3. The Labute approximate surface area is 164 Å². The van der Waals surface area contributed by atoms with Gasteiger partial charge in [-0.15, -0.1) is 0 Å². The summed E-state index contributed by atoms with van der Waals surface area (Å²) in [6.45, 7) is 2.94. The molecule has 2 aromatic carbocycles. The maximum absolute atomic E-state index is 13.0. The normalized spacial score (nSPS) is 16.9. The van der Waals surface area contributed by atoms with Gasteiger partial charge in [-0.25, -0.2) is 13.4 Å². The van der Waals surface area contributed by atoms with Crippen LogP contribution in [0.1, 0.15) is 12.3 Å². The lowest BCUT2D eigenvalue weighted by Gasteiger charge is -2.21. The highest BCUT2D eigenvalue weighted by Crippen LogP contribution is 2.22. The van der Waals surface area contributed by atoms with E-state index in [2.05, 4.69) is 9.88 Å². The van der Waals surface area contributed by atoms with E-state index >= 15 is 0 Å². The molecule has 0 unspecified atom stereocenters. The number of sulfonamides is 1. The lowest BCUT2D eigenvalue weighted by molar-refractivity contribution is 0.253. The second kappa shape index (κ2) is 7.90. The SMILES string of the molecule is COc1ccc(S(=O)(=O)N2CCCN(Cc3nc4ccccc4o3)CC2)cc1. The Morgan fingerprint density at radius 2 is 1.82 bits per heavy atom. The van der Waals surface area contributed by atoms with Crippen LogP contribution in [0, 0.1) is 0 Å². The third-order valence-corrected chi connectivity index (χ3v) is 6.85. The molecule has 8 heteroatoms. The van der Waals surface area contributed by atoms with E-state index in [0.717, 1.165) is 24.1 Å². The molecule has 1 aliphatic rings. The van der Waals surface area contributed by atoms with E-state index < -0.39 is 10.0 Å². The molecule has 0 bridgehead atoms. The first-order valence-electron chi connectivity index (χ1n) is 9.27. The number of nitrogens with zero attached hydrogens (tertiary/aromatic N) is 3. The van der Waals surface area contributed by atoms with Crippen LogP contribution in [0.2, 0.25) is 0 Å². The van der Waals surface area contributed by atoms with Crippen LogP contribution in [0.4, 0.5) is 0 Å². The first-order valence-corrected chi connectivity index (χ1v) is 10.7. The zero-order valence-electron chi connectivity index (χ0n) is 15.7. The van der Waals surface area contributed by atoms with Crippen molar-refractivity contribution >= 4 is 21.1 Å². The molecule has 1 aromatic heterocycles. The van der Waals surface area contributed by atoms with Crippen LogP contribution in [-0.2, 0) is 16.6 Å². The van der Waals surface area contributed by atoms with Crippen LogP contribution in [0.5, 0.6) is 5.75 Å². The second-order valence-electron chi connectivity index (χ2n) is 6.78. The van der Waals surface area contributed by atoms with Gasteiger partial charge in [-0.05, 0) is 49.4 Å². The maximum Gasteiger partial charge on any atom is 0.243 e. The summed E-state index contributed by atoms with van der Waals surface area (Å²) in [6, 6.07) is 14.2. The van der Waals surface area contributed by atoms with Crippen LogP contribution in [0.15, 0.2) is 57.8 Å². The predicted molar refractivity (Wildman–Crippen MR) is 106 cm³/mol. The fraction of sp³-hybridized carbons (Fsp3) is 0.350. The minimum absolute atomic E-state index is 0.292. The summed E-state index contributed by atoms with van der Waals surface area (Å²) in [6.07, 6.45) is 0.760. The van der Waals surface area contributed by atoms with Gasteiger partial charge >= 0.3 is 0 Å². The summed E-state index contributed by atoms with van der Waals surface area (Å²) in [4.78, 5) is 7.00. The monoisotopic (exact) mass is 401 g/mol. The molecule has 7 nitrogen and oxygen atoms in total. The Morgan fingerprint density at radius 3 is 2.57 bits per heavy atom. The molecule has 0 spiro atoms. The molecule has 0 amide bonds. The zero-order chi connectivity index (χ0) is 19.6. The number of rotatable bonds is 5. The molecule has 1 saturated heterocycles. The number of hydrogen-bond donors (Lipinski definition) is 0. The number of benzene rings is 2. The van der Waals surface area contributed by atoms with Crippen molar-refractivity contribution in [2.24, 2.45) is 0 Å². The quantitative estimate of drug-likeness (QED) is 0.654. The van der Waals surface area contributed by atoms with E-state index in [1.807, 2.05) is 24.3 Å². The summed E-state index contributed by atoms with van der Waals surface area (Å²) in [7, 11) is -1.96. The van der Waals surface area contributed by atoms with Gasteiger partial charge in [-0.2, -0.15) is 4.31 Å². The Hall–Kier alpha value is -2.42. The molecule has 148 valence electrons. The van der Waals surface area contributed by atoms with Crippen molar-refractivity contribution in [3.05, 3.63) is 54.4 Å². The molecule has 0 saturated carbocycles. The molecule has 0 N–H and O–H groups in total. The van der Waals surface area contributed by atoms with Crippen molar-refractivity contribution < 1.29 is 17.6 Å². The Morgan fingerprint density at radius 1 is 1.04 bits per heavy atom. The molecular formula is C20H23N3O4S. The first-order chi connectivity index (χ1) is 13.6. The van der Waals surface area contributed by atoms with Crippen LogP contribution in [0.3, 0.4) is 0 Å². The highest BCUT2D eigenvalue weighted by atomic mass is 32.2. The number of oxazole rings is 1. The molecule has 0 atom stereocenters. The average Bonchev–Trinajstić information content (AvgIpc) is 2.96. The number of para-hydroxylation sites is 2. The summed E-state index contributed by atoms with van der Waals surface area (Å²) in [5.74, 6) is 1.30. The Bertz CT molecular complexity index is 1010. The van der Waals surface area contributed by atoms with E-state index in [1.54, 1.807) is 35.7 Å². The van der Waals surface area contributed by atoms with Gasteiger partial charge in [0.2, 0.25) is 15.9 Å². The van der Waals surface area contributed by atoms with Crippen LogP contribution < -0.4 is 4.74 Å². The molecule has 3 aromatic rings. The van der Waals surface area contributed by atoms with Crippen LogP contribution in [-0.4, -0.2) is 55.9 Å². The van der Waals surface area contributed by atoms with Gasteiger partial charge in [-0.3, -0.25) is 4.90 Å². The third-order valence-electron chi connectivity index (χ3n) is 4.94. The van der Waals surface area contributed by atoms with Gasteiger partial charge in [0.15, 0.2) is 5.58 Å². The molecule has 1 fully saturated rings. The van der Waals surface area contributed by atoms with E-state index in [9.17, 15) is 8.42 Å². The minimum Gasteiger partial charge on any atom is -0.497 e. The molecule has 4 rings (SSSR count). The van der Waals surface area contributed by atoms with Gasteiger partial charge in [-0.1, -0.05) is 12.1 Å². The van der Waals surface area contributed by atoms with Gasteiger partial charge in [0, 0.05) is 19.6 Å². The molecule has 0 aliphatic carbocycles. The lowest BCUT2D eigenvalue weighted by atomic mass is 10.3. The van der Waals surface area contributed by atoms with E-state index in [4.69, 9.17) is 9.15 Å². The lowest BCUT2D eigenvalue weighted by Crippen LogP contribution is -2.35. The summed E-state index contributed by atoms with van der Waals surface area (Å²) >= 11 is 0. The largest absolute Gasteiger partial charge is 0.497 e. The summed E-state index contributed by atoms with van der Waals surface area (Å²) in [5.41, 5.74) is 1.62. The smallest absolute Gasteiger partial charge is 0.243 e. The van der Waals surface area contributed by atoms with Crippen molar-refractivity contribution in [2.45, 2.75) is 17.9 Å². The van der Waals surface area contributed by atoms with E-state index in [0.29, 0.717) is 42.7 Å². The molecule has 1 aliphatic heterocycles. The molecular weight excluding hydrogens is 378 g/mol. The van der Waals surface area contributed by atoms with Crippen molar-refractivity contribution in [3.63, 3.8) is 0 Å². The Balaban J connectivity index is 1.43. The first kappa shape index (κ1) is 18.9. The van der Waals surface area contributed by atoms with Gasteiger partial charge in [0.25, 0.3) is 0 Å². The molecule has 0 radical (unpaired) electrons.